The van der Waals surface area contributed by atoms with Crippen LogP contribution < -0.4 is 0 Å². The molecule has 1 aliphatic heterocycles. The topological polar surface area (TPSA) is 119 Å². The Morgan fingerprint density at radius 2 is 1.85 bits per heavy atom. The number of nitrogens with zero attached hydrogens (tertiary/aromatic N) is 3. The maximum Gasteiger partial charge on any atom is 0.165 e. The fourth-order valence-corrected chi connectivity index (χ4v) is 1.18. The molecule has 13 heavy (non-hydrogen) atoms. The molecule has 1 aliphatic rings. The smallest absolute Gasteiger partial charge is 0.165 e. The minimum atomic E-state index is -1.39. The molecule has 7 nitrogen and oxygen atoms in total. The van der Waals surface area contributed by atoms with Gasteiger partial charge in [0.2, 0.25) is 0 Å². The third-order valence-electron chi connectivity index (χ3n) is 1.99. The van der Waals surface area contributed by atoms with E-state index in [1.54, 1.807) is 0 Å². The second kappa shape index (κ2) is 3.91. The summed E-state index contributed by atoms with van der Waals surface area (Å²) in [4.78, 5) is 2.45. The average Bonchev–Trinajstić information content (AvgIpc) is 2.11. The van der Waals surface area contributed by atoms with Crippen molar-refractivity contribution in [3.8, 4) is 0 Å². The molecule has 1 rings (SSSR count). The minimum Gasteiger partial charge on any atom is -0.388 e. The van der Waals surface area contributed by atoms with Gasteiger partial charge in [-0.25, -0.2) is 0 Å². The molecular weight excluding hydrogens is 178 g/mol. The fourth-order valence-electron chi connectivity index (χ4n) is 1.18. The largest absolute Gasteiger partial charge is 0.388 e. The van der Waals surface area contributed by atoms with Gasteiger partial charge in [-0.1, -0.05) is 5.11 Å². The van der Waals surface area contributed by atoms with Crippen LogP contribution in [0.25, 0.3) is 10.4 Å². The van der Waals surface area contributed by atoms with Crippen molar-refractivity contribution in [3.63, 3.8) is 0 Å². The predicted molar refractivity (Wildman–Crippen MR) is 41.5 cm³/mol. The van der Waals surface area contributed by atoms with Crippen LogP contribution >= 0.6 is 0 Å². The van der Waals surface area contributed by atoms with Crippen molar-refractivity contribution >= 4 is 0 Å². The Morgan fingerprint density at radius 3 is 2.38 bits per heavy atom. The Bertz CT molecular complexity index is 230. The highest BCUT2D eigenvalue weighted by Crippen LogP contribution is 2.21. The first kappa shape index (κ1) is 10.2. The lowest BCUT2D eigenvalue weighted by Crippen LogP contribution is -2.55. The summed E-state index contributed by atoms with van der Waals surface area (Å²) in [6, 6.07) is 0. The molecule has 1 unspecified atom stereocenters. The number of ether oxygens (including phenoxy) is 1. The lowest BCUT2D eigenvalue weighted by molar-refractivity contribution is -0.214. The Labute approximate surface area is 74.2 Å². The van der Waals surface area contributed by atoms with Crippen LogP contribution in [0, 0.1) is 0 Å². The first-order chi connectivity index (χ1) is 6.07. The number of azide groups is 1. The maximum atomic E-state index is 9.26. The molecule has 1 fully saturated rings. The summed E-state index contributed by atoms with van der Waals surface area (Å²) in [5.74, 6) is 0. The molecule has 0 radical (unpaired) electrons. The van der Waals surface area contributed by atoms with Crippen LogP contribution in [-0.2, 0) is 4.74 Å². The molecule has 0 aromatic rings. The molecular formula is C6H11N3O4. The van der Waals surface area contributed by atoms with E-state index >= 15 is 0 Å². The van der Waals surface area contributed by atoms with E-state index in [-0.39, 0.29) is 0 Å². The predicted octanol–water partition coefficient (Wildman–Crippen LogP) is -0.876. The van der Waals surface area contributed by atoms with E-state index in [2.05, 4.69) is 10.0 Å². The molecule has 0 spiro atoms. The van der Waals surface area contributed by atoms with Crippen LogP contribution in [0.1, 0.15) is 6.92 Å². The molecule has 0 saturated carbocycles. The molecule has 5 atom stereocenters. The Balaban J connectivity index is 2.75. The van der Waals surface area contributed by atoms with Crippen molar-refractivity contribution in [3.05, 3.63) is 10.4 Å². The fraction of sp³-hybridized carbons (Fsp3) is 1.00. The summed E-state index contributed by atoms with van der Waals surface area (Å²) in [7, 11) is 0. The van der Waals surface area contributed by atoms with E-state index < -0.39 is 30.6 Å². The molecule has 0 amide bonds. The highest BCUT2D eigenvalue weighted by molar-refractivity contribution is 4.89. The molecule has 74 valence electrons. The van der Waals surface area contributed by atoms with Gasteiger partial charge < -0.3 is 20.1 Å². The van der Waals surface area contributed by atoms with Crippen LogP contribution in [0.2, 0.25) is 0 Å². The van der Waals surface area contributed by atoms with Crippen molar-refractivity contribution in [2.75, 3.05) is 0 Å². The second-order valence-corrected chi connectivity index (χ2v) is 2.91. The zero-order valence-electron chi connectivity index (χ0n) is 6.98. The molecule has 1 heterocycles. The molecule has 0 bridgehead atoms. The van der Waals surface area contributed by atoms with Gasteiger partial charge in [-0.05, 0) is 12.5 Å². The number of aliphatic hydroxyl groups is 3. The third kappa shape index (κ3) is 1.90. The van der Waals surface area contributed by atoms with Gasteiger partial charge in [-0.3, -0.25) is 0 Å². The lowest BCUT2D eigenvalue weighted by atomic mass is 9.99. The number of aliphatic hydroxyl groups excluding tert-OH is 3. The average molecular weight is 189 g/mol. The Kier molecular flexibility index (Phi) is 3.07. The number of hydrogen-bond acceptors (Lipinski definition) is 5. The minimum absolute atomic E-state index is 0.672. The van der Waals surface area contributed by atoms with Gasteiger partial charge in [0.05, 0.1) is 6.10 Å². The Morgan fingerprint density at radius 1 is 1.23 bits per heavy atom. The summed E-state index contributed by atoms with van der Waals surface area (Å²) < 4.78 is 4.94. The summed E-state index contributed by atoms with van der Waals surface area (Å²) >= 11 is 0. The van der Waals surface area contributed by atoms with Crippen LogP contribution in [0.3, 0.4) is 0 Å². The maximum absolute atomic E-state index is 9.26. The van der Waals surface area contributed by atoms with Crippen molar-refractivity contribution in [1.82, 2.24) is 0 Å². The van der Waals surface area contributed by atoms with Crippen molar-refractivity contribution in [2.24, 2.45) is 5.11 Å². The van der Waals surface area contributed by atoms with Crippen molar-refractivity contribution < 1.29 is 20.1 Å². The van der Waals surface area contributed by atoms with Crippen molar-refractivity contribution in [1.29, 1.82) is 0 Å². The normalized spacial score (nSPS) is 45.4. The highest BCUT2D eigenvalue weighted by atomic mass is 16.5. The van der Waals surface area contributed by atoms with Gasteiger partial charge in [0.1, 0.15) is 18.3 Å². The summed E-state index contributed by atoms with van der Waals surface area (Å²) in [5, 5.41) is 30.9. The summed E-state index contributed by atoms with van der Waals surface area (Å²) in [6.45, 7) is 1.51. The van der Waals surface area contributed by atoms with Gasteiger partial charge in [0, 0.05) is 4.91 Å². The van der Waals surface area contributed by atoms with E-state index in [1.807, 2.05) is 0 Å². The van der Waals surface area contributed by atoms with Gasteiger partial charge in [0.25, 0.3) is 0 Å². The standard InChI is InChI=1S/C6H11N3O4/c1-2-3(10)4(11)5(12)6(13-2)8-9-7/h2-6,10-12H,1H3/t2-,3+,4+,5-,6?/m0/s1. The summed E-state index contributed by atoms with van der Waals surface area (Å²) in [5.41, 5.74) is 8.10. The van der Waals surface area contributed by atoms with E-state index in [1.165, 1.54) is 6.92 Å². The van der Waals surface area contributed by atoms with Gasteiger partial charge in [0.15, 0.2) is 6.23 Å². The van der Waals surface area contributed by atoms with E-state index in [0.29, 0.717) is 0 Å². The SMILES string of the molecule is C[C@@H]1OC(N=[N+]=[N-])[C@@H](O)[C@H](O)[C@@H]1O. The third-order valence-corrected chi connectivity index (χ3v) is 1.99. The number of hydrogen-bond donors (Lipinski definition) is 3. The Hall–Kier alpha value is -0.850. The zero-order valence-corrected chi connectivity index (χ0v) is 6.98. The lowest BCUT2D eigenvalue weighted by Gasteiger charge is -2.37. The molecule has 0 aromatic carbocycles. The molecule has 1 saturated heterocycles. The molecule has 3 N–H and O–H groups in total. The van der Waals surface area contributed by atoms with E-state index in [9.17, 15) is 15.3 Å². The number of rotatable bonds is 1. The quantitative estimate of drug-likeness (QED) is 0.282. The second-order valence-electron chi connectivity index (χ2n) is 2.91. The van der Waals surface area contributed by atoms with Crippen molar-refractivity contribution in [2.45, 2.75) is 37.6 Å². The molecule has 0 aromatic heterocycles. The van der Waals surface area contributed by atoms with Gasteiger partial charge in [-0.15, -0.1) is 0 Å². The first-order valence-electron chi connectivity index (χ1n) is 3.81. The molecule has 7 heteroatoms. The summed E-state index contributed by atoms with van der Waals surface area (Å²) in [6.07, 6.45) is -5.71. The van der Waals surface area contributed by atoms with E-state index in [4.69, 9.17) is 10.3 Å². The van der Waals surface area contributed by atoms with Gasteiger partial charge >= 0.3 is 0 Å². The van der Waals surface area contributed by atoms with Crippen LogP contribution in [-0.4, -0.2) is 46.0 Å². The van der Waals surface area contributed by atoms with Crippen LogP contribution in [0.4, 0.5) is 0 Å². The molecule has 0 aliphatic carbocycles. The van der Waals surface area contributed by atoms with Gasteiger partial charge in [-0.2, -0.15) is 0 Å². The van der Waals surface area contributed by atoms with Crippen LogP contribution in [0.5, 0.6) is 0 Å². The highest BCUT2D eigenvalue weighted by Gasteiger charge is 2.41. The van der Waals surface area contributed by atoms with Crippen LogP contribution in [0.15, 0.2) is 5.11 Å². The van der Waals surface area contributed by atoms with E-state index in [0.717, 1.165) is 0 Å². The monoisotopic (exact) mass is 189 g/mol. The zero-order chi connectivity index (χ0) is 10.0. The first-order valence-corrected chi connectivity index (χ1v) is 3.81.